The predicted molar refractivity (Wildman–Crippen MR) is 105 cm³/mol. The maximum atomic E-state index is 11.3. The van der Waals surface area contributed by atoms with Crippen molar-refractivity contribution >= 4 is 15.0 Å². The molecule has 0 aromatic heterocycles. The van der Waals surface area contributed by atoms with Gasteiger partial charge >= 0.3 is 5.71 Å². The summed E-state index contributed by atoms with van der Waals surface area (Å²) < 4.78 is 5.52. The molecular formula is C22H35O2P. The molecule has 2 nitrogen and oxygen atoms in total. The first-order valence-corrected chi connectivity index (χ1v) is 11.1. The van der Waals surface area contributed by atoms with E-state index in [1.807, 2.05) is 0 Å². The number of hydrogen-bond acceptors (Lipinski definition) is 2. The lowest BCUT2D eigenvalue weighted by molar-refractivity contribution is -0.0501. The first kappa shape index (κ1) is 18.0. The summed E-state index contributed by atoms with van der Waals surface area (Å²) in [5.41, 5.74) is 2.36. The third kappa shape index (κ3) is 2.73. The molecule has 0 N–H and O–H groups in total. The maximum absolute atomic E-state index is 11.3. The second-order valence-corrected chi connectivity index (χ2v) is 10.3. The number of fused-ring (bicyclic) bond motifs is 5. The van der Waals surface area contributed by atoms with Crippen LogP contribution in [-0.4, -0.2) is 11.8 Å². The van der Waals surface area contributed by atoms with Crippen molar-refractivity contribution in [2.45, 2.75) is 84.7 Å². The fraction of sp³-hybridized carbons (Fsp3) is 0.864. The SMILES string of the molecule is CCC1CCC2C3CC=C4CC(OC(=O)P)CCC4(C)C3CCC12C. The molecule has 0 radical (unpaired) electrons. The Bertz CT molecular complexity index is 585. The lowest BCUT2D eigenvalue weighted by Crippen LogP contribution is -2.50. The molecular weight excluding hydrogens is 327 g/mol. The largest absolute Gasteiger partial charge is 0.459 e. The van der Waals surface area contributed by atoms with Crippen molar-refractivity contribution in [1.29, 1.82) is 0 Å². The van der Waals surface area contributed by atoms with Crippen LogP contribution in [0.1, 0.15) is 78.6 Å². The van der Waals surface area contributed by atoms with Crippen LogP contribution in [0.4, 0.5) is 4.79 Å². The zero-order chi connectivity index (χ0) is 17.8. The first-order valence-electron chi connectivity index (χ1n) is 10.5. The fourth-order valence-electron chi connectivity index (χ4n) is 7.67. The van der Waals surface area contributed by atoms with Gasteiger partial charge in [0, 0.05) is 6.42 Å². The van der Waals surface area contributed by atoms with Gasteiger partial charge in [-0.05, 0) is 88.7 Å². The van der Waals surface area contributed by atoms with E-state index in [0.29, 0.717) is 10.8 Å². The Labute approximate surface area is 155 Å². The van der Waals surface area contributed by atoms with E-state index in [1.165, 1.54) is 44.9 Å². The van der Waals surface area contributed by atoms with Gasteiger partial charge in [0.1, 0.15) is 6.10 Å². The molecule has 0 amide bonds. The van der Waals surface area contributed by atoms with Crippen molar-refractivity contribution < 1.29 is 9.53 Å². The molecule has 4 aliphatic carbocycles. The second kappa shape index (κ2) is 6.36. The molecule has 0 aromatic rings. The molecule has 0 heterocycles. The maximum Gasteiger partial charge on any atom is 0.320 e. The van der Waals surface area contributed by atoms with Crippen LogP contribution < -0.4 is 0 Å². The molecule has 0 bridgehead atoms. The van der Waals surface area contributed by atoms with E-state index in [1.54, 1.807) is 5.57 Å². The van der Waals surface area contributed by atoms with E-state index in [4.69, 9.17) is 4.74 Å². The highest BCUT2D eigenvalue weighted by Crippen LogP contribution is 2.66. The molecule has 3 fully saturated rings. The van der Waals surface area contributed by atoms with E-state index >= 15 is 0 Å². The van der Waals surface area contributed by atoms with Gasteiger partial charge in [0.05, 0.1) is 0 Å². The van der Waals surface area contributed by atoms with Crippen LogP contribution in [0.5, 0.6) is 0 Å². The highest BCUT2D eigenvalue weighted by molar-refractivity contribution is 7.39. The van der Waals surface area contributed by atoms with Gasteiger partial charge in [-0.3, -0.25) is 0 Å². The standard InChI is InChI=1S/C22H35O2P/c1-4-14-6-8-18-17-7-5-15-13-16(24-20(23)25)9-11-22(15,3)19(17)10-12-21(14,18)2/h5,14,16-19H,4,6-13,25H2,1-3H3. The smallest absolute Gasteiger partial charge is 0.320 e. The van der Waals surface area contributed by atoms with Gasteiger partial charge in [-0.25, -0.2) is 4.79 Å². The Kier molecular flexibility index (Phi) is 4.59. The first-order chi connectivity index (χ1) is 11.9. The molecule has 0 aromatic carbocycles. The summed E-state index contributed by atoms with van der Waals surface area (Å²) in [7, 11) is 2.16. The molecule has 0 aliphatic heterocycles. The van der Waals surface area contributed by atoms with Crippen LogP contribution in [0.2, 0.25) is 0 Å². The van der Waals surface area contributed by atoms with E-state index in [2.05, 4.69) is 36.1 Å². The topological polar surface area (TPSA) is 26.3 Å². The third-order valence-corrected chi connectivity index (χ3v) is 9.17. The van der Waals surface area contributed by atoms with Gasteiger partial charge in [-0.1, -0.05) is 38.8 Å². The predicted octanol–water partition coefficient (Wildman–Crippen LogP) is 6.36. The molecule has 8 atom stereocenters. The minimum atomic E-state index is -0.201. The van der Waals surface area contributed by atoms with Crippen molar-refractivity contribution in [3.05, 3.63) is 11.6 Å². The minimum Gasteiger partial charge on any atom is -0.459 e. The van der Waals surface area contributed by atoms with Crippen molar-refractivity contribution in [2.24, 2.45) is 34.5 Å². The Morgan fingerprint density at radius 3 is 2.72 bits per heavy atom. The highest BCUT2D eigenvalue weighted by Gasteiger charge is 2.58. The second-order valence-electron chi connectivity index (χ2n) is 9.79. The van der Waals surface area contributed by atoms with E-state index in [9.17, 15) is 4.79 Å². The van der Waals surface area contributed by atoms with Crippen molar-refractivity contribution in [2.75, 3.05) is 0 Å². The Hall–Kier alpha value is -0.360. The molecule has 3 saturated carbocycles. The quantitative estimate of drug-likeness (QED) is 0.422. The number of carbonyl (C=O) groups is 1. The Morgan fingerprint density at radius 2 is 2.00 bits per heavy atom. The molecule has 0 spiro atoms. The summed E-state index contributed by atoms with van der Waals surface area (Å²) in [6.07, 6.45) is 14.3. The summed E-state index contributed by atoms with van der Waals surface area (Å²) in [4.78, 5) is 11.3. The number of hydrogen-bond donors (Lipinski definition) is 0. The van der Waals surface area contributed by atoms with Crippen molar-refractivity contribution in [3.8, 4) is 0 Å². The van der Waals surface area contributed by atoms with Gasteiger partial charge in [-0.15, -0.1) is 0 Å². The van der Waals surface area contributed by atoms with E-state index < -0.39 is 0 Å². The molecule has 4 rings (SSSR count). The monoisotopic (exact) mass is 362 g/mol. The van der Waals surface area contributed by atoms with Crippen LogP contribution in [-0.2, 0) is 4.74 Å². The molecule has 25 heavy (non-hydrogen) atoms. The summed E-state index contributed by atoms with van der Waals surface area (Å²) >= 11 is 0. The van der Waals surface area contributed by atoms with Gasteiger partial charge in [0.2, 0.25) is 0 Å². The summed E-state index contributed by atoms with van der Waals surface area (Å²) in [6.45, 7) is 7.55. The van der Waals surface area contributed by atoms with Crippen molar-refractivity contribution in [3.63, 3.8) is 0 Å². The Morgan fingerprint density at radius 1 is 1.20 bits per heavy atom. The minimum absolute atomic E-state index is 0.102. The van der Waals surface area contributed by atoms with Crippen LogP contribution >= 0.6 is 9.24 Å². The van der Waals surface area contributed by atoms with Crippen LogP contribution in [0.3, 0.4) is 0 Å². The van der Waals surface area contributed by atoms with Gasteiger partial charge in [-0.2, -0.15) is 0 Å². The number of allylic oxidation sites excluding steroid dienone is 1. The summed E-state index contributed by atoms with van der Waals surface area (Å²) in [6, 6.07) is 0. The number of carbonyl (C=O) groups excluding carboxylic acids is 1. The number of ether oxygens (including phenoxy) is 1. The van der Waals surface area contributed by atoms with Gasteiger partial charge in [0.25, 0.3) is 0 Å². The number of rotatable bonds is 2. The third-order valence-electron chi connectivity index (χ3n) is 9.03. The Balaban J connectivity index is 1.58. The van der Waals surface area contributed by atoms with Crippen LogP contribution in [0.15, 0.2) is 11.6 Å². The summed E-state index contributed by atoms with van der Waals surface area (Å²) in [5, 5.41) is 0. The van der Waals surface area contributed by atoms with Crippen LogP contribution in [0, 0.1) is 34.5 Å². The molecule has 140 valence electrons. The molecule has 4 aliphatic rings. The summed E-state index contributed by atoms with van der Waals surface area (Å²) in [5.74, 6) is 3.64. The van der Waals surface area contributed by atoms with Crippen LogP contribution in [0.25, 0.3) is 0 Å². The lowest BCUT2D eigenvalue weighted by Gasteiger charge is -2.58. The highest BCUT2D eigenvalue weighted by atomic mass is 31.0. The van der Waals surface area contributed by atoms with Gasteiger partial charge in [0.15, 0.2) is 0 Å². The average Bonchev–Trinajstić information content (AvgIpc) is 2.91. The molecule has 3 heteroatoms. The van der Waals surface area contributed by atoms with Crippen molar-refractivity contribution in [1.82, 2.24) is 0 Å². The molecule has 0 saturated heterocycles. The zero-order valence-electron chi connectivity index (χ0n) is 16.2. The van der Waals surface area contributed by atoms with Gasteiger partial charge < -0.3 is 4.74 Å². The van der Waals surface area contributed by atoms with E-state index in [-0.39, 0.29) is 11.8 Å². The average molecular weight is 362 g/mol. The zero-order valence-corrected chi connectivity index (χ0v) is 17.4. The lowest BCUT2D eigenvalue weighted by atomic mass is 9.47. The molecule has 8 unspecified atom stereocenters. The van der Waals surface area contributed by atoms with E-state index in [0.717, 1.165) is 36.5 Å². The normalized spacial score (nSPS) is 48.8. The fourth-order valence-corrected chi connectivity index (χ4v) is 7.86.